The van der Waals surface area contributed by atoms with E-state index in [0.717, 1.165) is 30.7 Å². The van der Waals surface area contributed by atoms with Crippen molar-refractivity contribution < 1.29 is 5.11 Å². The first-order valence-corrected chi connectivity index (χ1v) is 6.57. The van der Waals surface area contributed by atoms with E-state index in [1.54, 1.807) is 0 Å². The zero-order valence-electron chi connectivity index (χ0n) is 9.38. The van der Waals surface area contributed by atoms with Gasteiger partial charge in [0.25, 0.3) is 0 Å². The number of aliphatic hydroxyl groups excluding tert-OH is 1. The summed E-state index contributed by atoms with van der Waals surface area (Å²) in [4.78, 5) is 0. The summed E-state index contributed by atoms with van der Waals surface area (Å²) in [6.07, 6.45) is 6.47. The number of benzene rings is 1. The van der Waals surface area contributed by atoms with E-state index in [-0.39, 0.29) is 11.5 Å². The predicted octanol–water partition coefficient (Wildman–Crippen LogP) is 3.46. The maximum atomic E-state index is 10.4. The maximum absolute atomic E-state index is 10.4. The largest absolute Gasteiger partial charge is 0.392 e. The number of hydrogen-bond acceptors (Lipinski definition) is 1. The first kappa shape index (κ1) is 10.6. The molecule has 1 N–H and O–H groups in total. The van der Waals surface area contributed by atoms with Crippen LogP contribution in [0.15, 0.2) is 18.2 Å². The molecular weight excluding hydrogens is 220 g/mol. The molecule has 0 saturated heterocycles. The van der Waals surface area contributed by atoms with Gasteiger partial charge < -0.3 is 5.11 Å². The molecule has 2 aliphatic carbocycles. The minimum absolute atomic E-state index is 0.0263. The lowest BCUT2D eigenvalue weighted by molar-refractivity contribution is 0.0661. The lowest BCUT2D eigenvalue weighted by Gasteiger charge is -2.40. The Morgan fingerprint density at radius 2 is 2.00 bits per heavy atom. The summed E-state index contributed by atoms with van der Waals surface area (Å²) in [7, 11) is 0. The van der Waals surface area contributed by atoms with E-state index in [1.807, 2.05) is 6.07 Å². The van der Waals surface area contributed by atoms with Crippen molar-refractivity contribution in [2.24, 2.45) is 0 Å². The third kappa shape index (κ3) is 1.42. The minimum atomic E-state index is -0.166. The summed E-state index contributed by atoms with van der Waals surface area (Å²) >= 11 is 6.10. The zero-order valence-corrected chi connectivity index (χ0v) is 10.1. The normalized spacial score (nSPS) is 27.0. The Bertz CT molecular complexity index is 407. The van der Waals surface area contributed by atoms with Crippen LogP contribution >= 0.6 is 11.6 Å². The average molecular weight is 237 g/mol. The van der Waals surface area contributed by atoms with Gasteiger partial charge in [-0.3, -0.25) is 0 Å². The smallest absolute Gasteiger partial charge is 0.0640 e. The van der Waals surface area contributed by atoms with Gasteiger partial charge in [0.1, 0.15) is 0 Å². The second-order valence-electron chi connectivity index (χ2n) is 5.22. The van der Waals surface area contributed by atoms with Gasteiger partial charge in [0, 0.05) is 10.4 Å². The van der Waals surface area contributed by atoms with E-state index in [4.69, 9.17) is 11.6 Å². The van der Waals surface area contributed by atoms with E-state index < -0.39 is 0 Å². The molecule has 3 rings (SSSR count). The van der Waals surface area contributed by atoms with Gasteiger partial charge in [-0.15, -0.1) is 0 Å². The van der Waals surface area contributed by atoms with E-state index >= 15 is 0 Å². The monoisotopic (exact) mass is 236 g/mol. The van der Waals surface area contributed by atoms with Crippen molar-refractivity contribution in [3.8, 4) is 0 Å². The van der Waals surface area contributed by atoms with E-state index in [2.05, 4.69) is 12.1 Å². The van der Waals surface area contributed by atoms with E-state index in [0.29, 0.717) is 0 Å². The molecule has 0 bridgehead atoms. The Labute approximate surface area is 101 Å². The molecule has 0 amide bonds. The average Bonchev–Trinajstić information content (AvgIpc) is 2.75. The van der Waals surface area contributed by atoms with Crippen LogP contribution in [-0.4, -0.2) is 11.2 Å². The summed E-state index contributed by atoms with van der Waals surface area (Å²) in [6, 6.07) is 6.20. The minimum Gasteiger partial charge on any atom is -0.392 e. The molecule has 86 valence electrons. The number of hydrogen-bond donors (Lipinski definition) is 1. The molecule has 0 aromatic heterocycles. The fraction of sp³-hybridized carbons (Fsp3) is 0.571. The number of fused-ring (bicyclic) bond motifs is 2. The SMILES string of the molecule is OC1CCc2ccc(Cl)cc2C12CCCC2. The summed E-state index contributed by atoms with van der Waals surface area (Å²) < 4.78 is 0. The molecule has 1 spiro atoms. The second-order valence-corrected chi connectivity index (χ2v) is 5.66. The van der Waals surface area contributed by atoms with Crippen LogP contribution in [0.2, 0.25) is 5.02 Å². The van der Waals surface area contributed by atoms with Gasteiger partial charge in [0.05, 0.1) is 6.10 Å². The van der Waals surface area contributed by atoms with Crippen molar-refractivity contribution >= 4 is 11.6 Å². The van der Waals surface area contributed by atoms with Crippen molar-refractivity contribution in [3.63, 3.8) is 0 Å². The highest BCUT2D eigenvalue weighted by atomic mass is 35.5. The van der Waals surface area contributed by atoms with Gasteiger partial charge in [-0.2, -0.15) is 0 Å². The number of halogens is 1. The summed E-state index contributed by atoms with van der Waals surface area (Å²) in [6.45, 7) is 0. The van der Waals surface area contributed by atoms with Crippen LogP contribution < -0.4 is 0 Å². The van der Waals surface area contributed by atoms with Crippen LogP contribution in [0.1, 0.15) is 43.2 Å². The quantitative estimate of drug-likeness (QED) is 0.732. The lowest BCUT2D eigenvalue weighted by atomic mass is 9.67. The molecule has 1 aromatic carbocycles. The molecule has 0 radical (unpaired) electrons. The van der Waals surface area contributed by atoms with Crippen molar-refractivity contribution in [2.45, 2.75) is 50.0 Å². The molecule has 1 nitrogen and oxygen atoms in total. The number of aliphatic hydroxyl groups is 1. The zero-order chi connectivity index (χ0) is 11.2. The van der Waals surface area contributed by atoms with Gasteiger partial charge >= 0.3 is 0 Å². The summed E-state index contributed by atoms with van der Waals surface area (Å²) in [5, 5.41) is 11.2. The molecule has 1 saturated carbocycles. The van der Waals surface area contributed by atoms with Crippen LogP contribution in [0.25, 0.3) is 0 Å². The number of aryl methyl sites for hydroxylation is 1. The van der Waals surface area contributed by atoms with Gasteiger partial charge in [0.15, 0.2) is 0 Å². The van der Waals surface area contributed by atoms with Crippen molar-refractivity contribution in [1.82, 2.24) is 0 Å². The predicted molar refractivity (Wildman–Crippen MR) is 65.9 cm³/mol. The van der Waals surface area contributed by atoms with Crippen molar-refractivity contribution in [2.75, 3.05) is 0 Å². The highest BCUT2D eigenvalue weighted by Crippen LogP contribution is 2.49. The topological polar surface area (TPSA) is 20.2 Å². The van der Waals surface area contributed by atoms with Gasteiger partial charge in [-0.25, -0.2) is 0 Å². The highest BCUT2D eigenvalue weighted by molar-refractivity contribution is 6.30. The van der Waals surface area contributed by atoms with Crippen molar-refractivity contribution in [3.05, 3.63) is 34.3 Å². The molecule has 0 heterocycles. The molecule has 16 heavy (non-hydrogen) atoms. The molecule has 2 heteroatoms. The second kappa shape index (κ2) is 3.75. The van der Waals surface area contributed by atoms with Gasteiger partial charge in [-0.05, 0) is 48.9 Å². The first-order valence-electron chi connectivity index (χ1n) is 6.19. The van der Waals surface area contributed by atoms with Crippen molar-refractivity contribution in [1.29, 1.82) is 0 Å². The van der Waals surface area contributed by atoms with Crippen LogP contribution in [0, 0.1) is 0 Å². The summed E-state index contributed by atoms with van der Waals surface area (Å²) in [5.74, 6) is 0. The first-order chi connectivity index (χ1) is 7.72. The van der Waals surface area contributed by atoms with Crippen LogP contribution in [0.5, 0.6) is 0 Å². The van der Waals surface area contributed by atoms with E-state index in [9.17, 15) is 5.11 Å². The Morgan fingerprint density at radius 3 is 2.75 bits per heavy atom. The molecule has 0 aliphatic heterocycles. The van der Waals surface area contributed by atoms with E-state index in [1.165, 1.54) is 24.0 Å². The lowest BCUT2D eigenvalue weighted by Crippen LogP contribution is -2.41. The fourth-order valence-corrected chi connectivity index (χ4v) is 3.76. The Hall–Kier alpha value is -0.530. The van der Waals surface area contributed by atoms with Crippen LogP contribution in [0.4, 0.5) is 0 Å². The highest BCUT2D eigenvalue weighted by Gasteiger charge is 2.45. The summed E-state index contributed by atoms with van der Waals surface area (Å²) in [5.41, 5.74) is 2.76. The molecule has 1 fully saturated rings. The fourth-order valence-electron chi connectivity index (χ4n) is 3.59. The Morgan fingerprint density at radius 1 is 1.25 bits per heavy atom. The third-order valence-corrected chi connectivity index (χ3v) is 4.66. The molecule has 1 unspecified atom stereocenters. The standard InChI is InChI=1S/C14H17ClO/c15-11-5-3-10-4-6-13(16)14(12(10)9-11)7-1-2-8-14/h3,5,9,13,16H,1-2,4,6-8H2. The Kier molecular flexibility index (Phi) is 2.49. The number of rotatable bonds is 0. The molecule has 1 atom stereocenters. The van der Waals surface area contributed by atoms with Gasteiger partial charge in [0.2, 0.25) is 0 Å². The maximum Gasteiger partial charge on any atom is 0.0640 e. The Balaban J connectivity index is 2.15. The van der Waals surface area contributed by atoms with Crippen LogP contribution in [-0.2, 0) is 11.8 Å². The molecular formula is C14H17ClO. The van der Waals surface area contributed by atoms with Gasteiger partial charge in [-0.1, -0.05) is 30.5 Å². The molecule has 1 aromatic rings. The van der Waals surface area contributed by atoms with Crippen LogP contribution in [0.3, 0.4) is 0 Å². The molecule has 2 aliphatic rings. The third-order valence-electron chi connectivity index (χ3n) is 4.43.